The zero-order valence-electron chi connectivity index (χ0n) is 8.29. The van der Waals surface area contributed by atoms with Gasteiger partial charge in [-0.2, -0.15) is 0 Å². The summed E-state index contributed by atoms with van der Waals surface area (Å²) in [4.78, 5) is 13.5. The molecule has 1 aliphatic rings. The van der Waals surface area contributed by atoms with Crippen molar-refractivity contribution < 1.29 is 9.90 Å². The van der Waals surface area contributed by atoms with Gasteiger partial charge in [0.05, 0.1) is 12.1 Å². The van der Waals surface area contributed by atoms with Crippen LogP contribution in [0.1, 0.15) is 20.3 Å². The molecular weight excluding hydrogens is 168 g/mol. The monoisotopic (exact) mass is 186 g/mol. The number of likely N-dealkylation sites (N-methyl/N-ethyl adjacent to an activating group) is 1. The molecule has 0 radical (unpaired) electrons. The lowest BCUT2D eigenvalue weighted by Gasteiger charge is -2.22. The van der Waals surface area contributed by atoms with E-state index in [-0.39, 0.29) is 18.1 Å². The zero-order chi connectivity index (χ0) is 9.84. The lowest BCUT2D eigenvalue weighted by Crippen LogP contribution is -2.43. The van der Waals surface area contributed by atoms with E-state index in [0.717, 1.165) is 13.1 Å². The molecule has 0 unspecified atom stereocenters. The number of carbonyl (C=O) groups is 1. The highest BCUT2D eigenvalue weighted by atomic mass is 16.3. The van der Waals surface area contributed by atoms with Crippen LogP contribution in [0.5, 0.6) is 0 Å². The first-order chi connectivity index (χ1) is 6.19. The van der Waals surface area contributed by atoms with E-state index in [1.807, 2.05) is 13.8 Å². The van der Waals surface area contributed by atoms with Crippen molar-refractivity contribution >= 4 is 5.91 Å². The number of aliphatic hydroxyl groups is 1. The van der Waals surface area contributed by atoms with Crippen LogP contribution in [0.3, 0.4) is 0 Å². The van der Waals surface area contributed by atoms with E-state index in [9.17, 15) is 9.90 Å². The molecule has 1 saturated heterocycles. The van der Waals surface area contributed by atoms with E-state index in [0.29, 0.717) is 13.0 Å². The number of aliphatic hydroxyl groups excluding tert-OH is 1. The first kappa shape index (κ1) is 10.5. The standard InChI is InChI=1S/C9H18N2O2/c1-3-11(4-2)9(13)8-5-7(12)6-10-8/h7-8,10,12H,3-6H2,1-2H3/t7-,8+/m1/s1. The summed E-state index contributed by atoms with van der Waals surface area (Å²) in [5.41, 5.74) is 0. The van der Waals surface area contributed by atoms with Crippen molar-refractivity contribution in [1.82, 2.24) is 10.2 Å². The number of rotatable bonds is 3. The van der Waals surface area contributed by atoms with Crippen LogP contribution in [0.4, 0.5) is 0 Å². The highest BCUT2D eigenvalue weighted by molar-refractivity contribution is 5.82. The maximum atomic E-state index is 11.7. The molecule has 0 saturated carbocycles. The highest BCUT2D eigenvalue weighted by Crippen LogP contribution is 2.09. The number of β-amino-alcohol motifs (C(OH)–C–C–N with tert-alkyl or cyclic N) is 1. The van der Waals surface area contributed by atoms with Crippen molar-refractivity contribution in [3.05, 3.63) is 0 Å². The molecule has 0 bridgehead atoms. The Balaban J connectivity index is 2.47. The van der Waals surface area contributed by atoms with Gasteiger partial charge in [-0.05, 0) is 20.3 Å². The Bertz CT molecular complexity index is 180. The topological polar surface area (TPSA) is 52.6 Å². The van der Waals surface area contributed by atoms with Gasteiger partial charge in [-0.1, -0.05) is 0 Å². The summed E-state index contributed by atoms with van der Waals surface area (Å²) in [5, 5.41) is 12.3. The smallest absolute Gasteiger partial charge is 0.239 e. The highest BCUT2D eigenvalue weighted by Gasteiger charge is 2.30. The summed E-state index contributed by atoms with van der Waals surface area (Å²) in [7, 11) is 0. The fraction of sp³-hybridized carbons (Fsp3) is 0.889. The summed E-state index contributed by atoms with van der Waals surface area (Å²) in [6, 6.07) is -0.171. The minimum absolute atomic E-state index is 0.113. The quantitative estimate of drug-likeness (QED) is 0.629. The second-order valence-electron chi connectivity index (χ2n) is 3.36. The first-order valence-corrected chi connectivity index (χ1v) is 4.89. The molecule has 0 aliphatic carbocycles. The molecule has 1 rings (SSSR count). The van der Waals surface area contributed by atoms with E-state index < -0.39 is 0 Å². The molecule has 1 amide bonds. The van der Waals surface area contributed by atoms with Gasteiger partial charge in [0.1, 0.15) is 0 Å². The Hall–Kier alpha value is -0.610. The largest absolute Gasteiger partial charge is 0.392 e. The average molecular weight is 186 g/mol. The molecule has 4 nitrogen and oxygen atoms in total. The molecule has 1 fully saturated rings. The number of hydrogen-bond acceptors (Lipinski definition) is 3. The molecule has 76 valence electrons. The third kappa shape index (κ3) is 2.42. The van der Waals surface area contributed by atoms with Crippen LogP contribution in [0.2, 0.25) is 0 Å². The van der Waals surface area contributed by atoms with Gasteiger partial charge in [0.2, 0.25) is 5.91 Å². The Morgan fingerprint density at radius 2 is 2.15 bits per heavy atom. The number of hydrogen-bond donors (Lipinski definition) is 2. The molecular formula is C9H18N2O2. The molecule has 4 heteroatoms. The van der Waals surface area contributed by atoms with Crippen LogP contribution in [0.25, 0.3) is 0 Å². The third-order valence-electron chi connectivity index (χ3n) is 2.48. The van der Waals surface area contributed by atoms with Crippen molar-refractivity contribution in [3.63, 3.8) is 0 Å². The maximum Gasteiger partial charge on any atom is 0.239 e. The molecule has 0 aromatic rings. The van der Waals surface area contributed by atoms with Crippen molar-refractivity contribution in [3.8, 4) is 0 Å². The van der Waals surface area contributed by atoms with Crippen LogP contribution in [0.15, 0.2) is 0 Å². The van der Waals surface area contributed by atoms with Crippen LogP contribution < -0.4 is 5.32 Å². The second-order valence-corrected chi connectivity index (χ2v) is 3.36. The molecule has 0 aromatic carbocycles. The zero-order valence-corrected chi connectivity index (χ0v) is 8.29. The summed E-state index contributed by atoms with van der Waals surface area (Å²) in [6.45, 7) is 5.95. The van der Waals surface area contributed by atoms with Gasteiger partial charge in [-0.25, -0.2) is 0 Å². The fourth-order valence-electron chi connectivity index (χ4n) is 1.66. The van der Waals surface area contributed by atoms with Crippen molar-refractivity contribution in [2.45, 2.75) is 32.4 Å². The summed E-state index contributed by atoms with van der Waals surface area (Å²) < 4.78 is 0. The summed E-state index contributed by atoms with van der Waals surface area (Å²) in [5.74, 6) is 0.113. The van der Waals surface area contributed by atoms with E-state index in [2.05, 4.69) is 5.32 Å². The summed E-state index contributed by atoms with van der Waals surface area (Å²) in [6.07, 6.45) is 0.194. The van der Waals surface area contributed by atoms with Crippen LogP contribution in [-0.2, 0) is 4.79 Å². The number of amides is 1. The van der Waals surface area contributed by atoms with E-state index >= 15 is 0 Å². The van der Waals surface area contributed by atoms with Gasteiger partial charge in [0.15, 0.2) is 0 Å². The van der Waals surface area contributed by atoms with Gasteiger partial charge in [0, 0.05) is 19.6 Å². The van der Waals surface area contributed by atoms with E-state index in [1.165, 1.54) is 0 Å². The van der Waals surface area contributed by atoms with Crippen LogP contribution in [-0.4, -0.2) is 47.7 Å². The second kappa shape index (κ2) is 4.58. The van der Waals surface area contributed by atoms with Gasteiger partial charge in [-0.3, -0.25) is 4.79 Å². The van der Waals surface area contributed by atoms with Gasteiger partial charge >= 0.3 is 0 Å². The molecule has 1 aliphatic heterocycles. The first-order valence-electron chi connectivity index (χ1n) is 4.89. The Labute approximate surface area is 78.9 Å². The van der Waals surface area contributed by atoms with Crippen molar-refractivity contribution in [2.24, 2.45) is 0 Å². The fourth-order valence-corrected chi connectivity index (χ4v) is 1.66. The molecule has 0 aromatic heterocycles. The molecule has 13 heavy (non-hydrogen) atoms. The van der Waals surface area contributed by atoms with Crippen molar-refractivity contribution in [2.75, 3.05) is 19.6 Å². The Morgan fingerprint density at radius 1 is 1.54 bits per heavy atom. The SMILES string of the molecule is CCN(CC)C(=O)[C@@H]1C[C@@H](O)CN1. The Kier molecular flexibility index (Phi) is 3.69. The van der Waals surface area contributed by atoms with Crippen LogP contribution >= 0.6 is 0 Å². The average Bonchev–Trinajstić information content (AvgIpc) is 2.54. The predicted octanol–water partition coefficient (Wildman–Crippen LogP) is -0.422. The third-order valence-corrected chi connectivity index (χ3v) is 2.48. The Morgan fingerprint density at radius 3 is 2.54 bits per heavy atom. The van der Waals surface area contributed by atoms with Crippen molar-refractivity contribution in [1.29, 1.82) is 0 Å². The molecule has 1 heterocycles. The molecule has 2 atom stereocenters. The van der Waals surface area contributed by atoms with Gasteiger partial charge < -0.3 is 15.3 Å². The van der Waals surface area contributed by atoms with E-state index in [4.69, 9.17) is 0 Å². The van der Waals surface area contributed by atoms with E-state index in [1.54, 1.807) is 4.90 Å². The lowest BCUT2D eigenvalue weighted by molar-refractivity contribution is -0.132. The van der Waals surface area contributed by atoms with Gasteiger partial charge in [-0.15, -0.1) is 0 Å². The maximum absolute atomic E-state index is 11.7. The minimum Gasteiger partial charge on any atom is -0.392 e. The lowest BCUT2D eigenvalue weighted by atomic mass is 10.2. The number of nitrogens with one attached hydrogen (secondary N) is 1. The minimum atomic E-state index is -0.357. The number of nitrogens with zero attached hydrogens (tertiary/aromatic N) is 1. The molecule has 0 spiro atoms. The van der Waals surface area contributed by atoms with Gasteiger partial charge in [0.25, 0.3) is 0 Å². The summed E-state index contributed by atoms with van der Waals surface area (Å²) >= 11 is 0. The molecule has 2 N–H and O–H groups in total. The number of carbonyl (C=O) groups excluding carboxylic acids is 1. The predicted molar refractivity (Wildman–Crippen MR) is 50.3 cm³/mol. The van der Waals surface area contributed by atoms with Crippen LogP contribution in [0, 0.1) is 0 Å². The normalized spacial score (nSPS) is 27.6.